The highest BCUT2D eigenvalue weighted by Crippen LogP contribution is 2.06. The number of pyridine rings is 1. The summed E-state index contributed by atoms with van der Waals surface area (Å²) in [7, 11) is -3.27. The highest BCUT2D eigenvalue weighted by molar-refractivity contribution is 7.89. The lowest BCUT2D eigenvalue weighted by Gasteiger charge is -2.15. The Labute approximate surface area is 114 Å². The molecule has 1 aromatic rings. The van der Waals surface area contributed by atoms with Crippen LogP contribution in [0.2, 0.25) is 0 Å². The van der Waals surface area contributed by atoms with Gasteiger partial charge in [-0.05, 0) is 32.4 Å². The third-order valence-electron chi connectivity index (χ3n) is 2.41. The van der Waals surface area contributed by atoms with E-state index in [0.717, 1.165) is 5.69 Å². The van der Waals surface area contributed by atoms with E-state index in [2.05, 4.69) is 9.71 Å². The van der Waals surface area contributed by atoms with Crippen LogP contribution in [-0.2, 0) is 16.4 Å². The van der Waals surface area contributed by atoms with Crippen LogP contribution in [-0.4, -0.2) is 30.6 Å². The molecule has 0 bridgehead atoms. The van der Waals surface area contributed by atoms with Crippen LogP contribution >= 0.6 is 11.6 Å². The summed E-state index contributed by atoms with van der Waals surface area (Å²) in [6, 6.07) is 5.33. The van der Waals surface area contributed by atoms with Gasteiger partial charge in [-0.2, -0.15) is 0 Å². The van der Waals surface area contributed by atoms with Gasteiger partial charge in [-0.15, -0.1) is 11.6 Å². The summed E-state index contributed by atoms with van der Waals surface area (Å²) in [4.78, 5) is 4.10. The average molecular weight is 291 g/mol. The Morgan fingerprint density at radius 3 is 2.67 bits per heavy atom. The fourth-order valence-corrected chi connectivity index (χ4v) is 3.26. The molecule has 0 radical (unpaired) electrons. The van der Waals surface area contributed by atoms with Crippen LogP contribution in [0.3, 0.4) is 0 Å². The molecular weight excluding hydrogens is 272 g/mol. The Bertz CT molecular complexity index is 448. The van der Waals surface area contributed by atoms with Gasteiger partial charge < -0.3 is 0 Å². The number of hydrogen-bond acceptors (Lipinski definition) is 3. The summed E-state index contributed by atoms with van der Waals surface area (Å²) in [6.07, 6.45) is 2.69. The van der Waals surface area contributed by atoms with Crippen molar-refractivity contribution >= 4 is 21.6 Å². The van der Waals surface area contributed by atoms with Gasteiger partial charge in [0.2, 0.25) is 10.0 Å². The Hall–Kier alpha value is -0.650. The van der Waals surface area contributed by atoms with Crippen LogP contribution in [0, 0.1) is 0 Å². The van der Waals surface area contributed by atoms with E-state index in [1.54, 1.807) is 12.3 Å². The van der Waals surface area contributed by atoms with Crippen molar-refractivity contribution in [3.63, 3.8) is 0 Å². The van der Waals surface area contributed by atoms with E-state index >= 15 is 0 Å². The van der Waals surface area contributed by atoms with Gasteiger partial charge in [0.25, 0.3) is 0 Å². The number of rotatable bonds is 7. The molecule has 0 aliphatic carbocycles. The number of aryl methyl sites for hydroxylation is 1. The van der Waals surface area contributed by atoms with Crippen molar-refractivity contribution in [1.29, 1.82) is 0 Å². The number of aromatic nitrogens is 1. The number of halogens is 1. The topological polar surface area (TPSA) is 59.1 Å². The molecule has 0 aromatic carbocycles. The quantitative estimate of drug-likeness (QED) is 0.781. The zero-order chi connectivity index (χ0) is 13.6. The highest BCUT2D eigenvalue weighted by atomic mass is 35.5. The van der Waals surface area contributed by atoms with Crippen molar-refractivity contribution in [3.8, 4) is 0 Å². The standard InChI is InChI=1S/C12H19ClN2O2S/c1-10(13)9-11(2)15-18(16,17)8-6-12-5-3-4-7-14-12/h3-5,7,10-11,15H,6,8-9H2,1-2H3. The molecule has 0 aliphatic heterocycles. The van der Waals surface area contributed by atoms with Crippen LogP contribution < -0.4 is 4.72 Å². The van der Waals surface area contributed by atoms with Gasteiger partial charge in [-0.25, -0.2) is 13.1 Å². The van der Waals surface area contributed by atoms with Crippen molar-refractivity contribution in [1.82, 2.24) is 9.71 Å². The molecule has 1 heterocycles. The minimum absolute atomic E-state index is 0.0431. The monoisotopic (exact) mass is 290 g/mol. The van der Waals surface area contributed by atoms with Gasteiger partial charge in [0, 0.05) is 29.7 Å². The van der Waals surface area contributed by atoms with E-state index in [9.17, 15) is 8.42 Å². The van der Waals surface area contributed by atoms with Crippen molar-refractivity contribution in [2.45, 2.75) is 38.1 Å². The zero-order valence-corrected chi connectivity index (χ0v) is 12.2. The molecule has 4 nitrogen and oxygen atoms in total. The Morgan fingerprint density at radius 2 is 2.11 bits per heavy atom. The lowest BCUT2D eigenvalue weighted by Crippen LogP contribution is -2.36. The van der Waals surface area contributed by atoms with E-state index in [4.69, 9.17) is 11.6 Å². The third kappa shape index (κ3) is 6.33. The second kappa shape index (κ2) is 7.07. The molecule has 0 spiro atoms. The van der Waals surface area contributed by atoms with E-state index in [1.807, 2.05) is 26.0 Å². The molecule has 2 atom stereocenters. The maximum atomic E-state index is 11.8. The van der Waals surface area contributed by atoms with Gasteiger partial charge in [-0.3, -0.25) is 4.98 Å². The van der Waals surface area contributed by atoms with E-state index in [0.29, 0.717) is 12.8 Å². The molecule has 0 aliphatic rings. The maximum Gasteiger partial charge on any atom is 0.212 e. The van der Waals surface area contributed by atoms with E-state index in [-0.39, 0.29) is 17.2 Å². The second-order valence-corrected chi connectivity index (χ2v) is 7.04. The average Bonchev–Trinajstić information content (AvgIpc) is 2.26. The van der Waals surface area contributed by atoms with Gasteiger partial charge in [0.1, 0.15) is 0 Å². The summed E-state index contributed by atoms with van der Waals surface area (Å²) in [5, 5.41) is -0.0431. The first-order valence-electron chi connectivity index (χ1n) is 5.93. The fourth-order valence-electron chi connectivity index (χ4n) is 1.69. The molecular formula is C12H19ClN2O2S. The first-order chi connectivity index (χ1) is 8.39. The lowest BCUT2D eigenvalue weighted by molar-refractivity contribution is 0.545. The molecule has 1 aromatic heterocycles. The van der Waals surface area contributed by atoms with Gasteiger partial charge >= 0.3 is 0 Å². The first kappa shape index (κ1) is 15.4. The Balaban J connectivity index is 2.45. The molecule has 102 valence electrons. The summed E-state index contributed by atoms with van der Waals surface area (Å²) in [6.45, 7) is 3.66. The summed E-state index contributed by atoms with van der Waals surface area (Å²) < 4.78 is 26.2. The minimum atomic E-state index is -3.27. The van der Waals surface area contributed by atoms with Crippen LogP contribution in [0.5, 0.6) is 0 Å². The fraction of sp³-hybridized carbons (Fsp3) is 0.583. The van der Waals surface area contributed by atoms with E-state index < -0.39 is 10.0 Å². The Kier molecular flexibility index (Phi) is 6.05. The van der Waals surface area contributed by atoms with Crippen molar-refractivity contribution in [2.75, 3.05) is 5.75 Å². The highest BCUT2D eigenvalue weighted by Gasteiger charge is 2.16. The molecule has 1 N–H and O–H groups in total. The third-order valence-corrected chi connectivity index (χ3v) is 4.09. The van der Waals surface area contributed by atoms with Crippen LogP contribution in [0.25, 0.3) is 0 Å². The molecule has 0 saturated heterocycles. The van der Waals surface area contributed by atoms with Crippen molar-refractivity contribution < 1.29 is 8.42 Å². The summed E-state index contributed by atoms with van der Waals surface area (Å²) in [5.74, 6) is 0.0466. The lowest BCUT2D eigenvalue weighted by atomic mass is 10.2. The predicted octanol–water partition coefficient (Wildman–Crippen LogP) is 1.95. The predicted molar refractivity (Wildman–Crippen MR) is 74.3 cm³/mol. The number of sulfonamides is 1. The summed E-state index contributed by atoms with van der Waals surface area (Å²) >= 11 is 5.83. The van der Waals surface area contributed by atoms with Gasteiger partial charge in [-0.1, -0.05) is 6.07 Å². The number of nitrogens with one attached hydrogen (secondary N) is 1. The van der Waals surface area contributed by atoms with Gasteiger partial charge in [0.05, 0.1) is 5.75 Å². The van der Waals surface area contributed by atoms with Crippen molar-refractivity contribution in [3.05, 3.63) is 30.1 Å². The first-order valence-corrected chi connectivity index (χ1v) is 8.02. The second-order valence-electron chi connectivity index (χ2n) is 4.43. The SMILES string of the molecule is CC(Cl)CC(C)NS(=O)(=O)CCc1ccccn1. The maximum absolute atomic E-state index is 11.8. The summed E-state index contributed by atoms with van der Waals surface area (Å²) in [5.41, 5.74) is 0.779. The molecule has 0 fully saturated rings. The zero-order valence-electron chi connectivity index (χ0n) is 10.6. The van der Waals surface area contributed by atoms with Gasteiger partial charge in [0.15, 0.2) is 0 Å². The number of hydrogen-bond donors (Lipinski definition) is 1. The van der Waals surface area contributed by atoms with Crippen LogP contribution in [0.15, 0.2) is 24.4 Å². The van der Waals surface area contributed by atoms with Crippen LogP contribution in [0.1, 0.15) is 26.0 Å². The molecule has 0 amide bonds. The normalized spacial score (nSPS) is 15.3. The molecule has 0 saturated carbocycles. The minimum Gasteiger partial charge on any atom is -0.261 e. The number of nitrogens with zero attached hydrogens (tertiary/aromatic N) is 1. The molecule has 18 heavy (non-hydrogen) atoms. The molecule has 2 unspecified atom stereocenters. The molecule has 6 heteroatoms. The van der Waals surface area contributed by atoms with Crippen molar-refractivity contribution in [2.24, 2.45) is 0 Å². The smallest absolute Gasteiger partial charge is 0.212 e. The molecule has 1 rings (SSSR count). The largest absolute Gasteiger partial charge is 0.261 e. The van der Waals surface area contributed by atoms with E-state index in [1.165, 1.54) is 0 Å². The number of alkyl halides is 1. The Morgan fingerprint density at radius 1 is 1.39 bits per heavy atom. The van der Waals surface area contributed by atoms with Crippen LogP contribution in [0.4, 0.5) is 0 Å².